The van der Waals surface area contributed by atoms with Crippen LogP contribution < -0.4 is 15.4 Å². The fourth-order valence-electron chi connectivity index (χ4n) is 2.80. The summed E-state index contributed by atoms with van der Waals surface area (Å²) in [5.41, 5.74) is 2.91. The van der Waals surface area contributed by atoms with Gasteiger partial charge in [-0.2, -0.15) is 0 Å². The van der Waals surface area contributed by atoms with Gasteiger partial charge in [0.1, 0.15) is 5.75 Å². The lowest BCUT2D eigenvalue weighted by Crippen LogP contribution is -2.23. The second kappa shape index (κ2) is 6.75. The Bertz CT molecular complexity index is 480. The number of anilines is 1. The number of nitrogens with one attached hydrogen (secondary N) is 2. The Balaban J connectivity index is 1.93. The predicted molar refractivity (Wildman–Crippen MR) is 81.4 cm³/mol. The van der Waals surface area contributed by atoms with Crippen molar-refractivity contribution in [3.8, 4) is 5.75 Å². The Kier molecular flexibility index (Phi) is 5.01. The van der Waals surface area contributed by atoms with Gasteiger partial charge in [0.15, 0.2) is 0 Å². The van der Waals surface area contributed by atoms with E-state index in [2.05, 4.69) is 10.6 Å². The maximum Gasteiger partial charge on any atom is 0.224 e. The van der Waals surface area contributed by atoms with Gasteiger partial charge >= 0.3 is 0 Å². The molecule has 1 atom stereocenters. The highest BCUT2D eigenvalue weighted by atomic mass is 16.5. The molecule has 1 saturated heterocycles. The molecule has 1 heterocycles. The molecular weight excluding hydrogens is 252 g/mol. The van der Waals surface area contributed by atoms with E-state index in [1.807, 2.05) is 26.0 Å². The molecule has 1 aliphatic rings. The molecule has 0 radical (unpaired) electrons. The summed E-state index contributed by atoms with van der Waals surface area (Å²) in [6.45, 7) is 5.06. The number of carbonyl (C=O) groups excluding carboxylic acids is 1. The molecule has 1 fully saturated rings. The summed E-state index contributed by atoms with van der Waals surface area (Å²) in [6, 6.07) is 4.42. The summed E-state index contributed by atoms with van der Waals surface area (Å²) in [4.78, 5) is 12.0. The molecule has 0 aromatic heterocycles. The molecule has 0 spiro atoms. The second-order valence-corrected chi connectivity index (χ2v) is 5.47. The molecule has 110 valence electrons. The Hall–Kier alpha value is -1.55. The van der Waals surface area contributed by atoms with Crippen LogP contribution in [0.5, 0.6) is 5.75 Å². The zero-order valence-electron chi connectivity index (χ0n) is 12.6. The van der Waals surface area contributed by atoms with E-state index in [0.29, 0.717) is 12.5 Å². The topological polar surface area (TPSA) is 50.4 Å². The number of ether oxygens (including phenoxy) is 1. The monoisotopic (exact) mass is 276 g/mol. The Morgan fingerprint density at radius 3 is 2.90 bits per heavy atom. The van der Waals surface area contributed by atoms with E-state index in [4.69, 9.17) is 4.74 Å². The standard InChI is InChI=1S/C16H24N2O2/c1-11-6-8-14(12(2)16(11)20-3)18-15(19)9-7-13-5-4-10-17-13/h6,8,13,17H,4-5,7,9-10H2,1-3H3,(H,18,19). The van der Waals surface area contributed by atoms with Gasteiger partial charge in [-0.25, -0.2) is 0 Å². The molecule has 4 nitrogen and oxygen atoms in total. The first-order valence-corrected chi connectivity index (χ1v) is 7.29. The third kappa shape index (κ3) is 3.51. The molecule has 2 N–H and O–H groups in total. The van der Waals surface area contributed by atoms with Crippen LogP contribution in [0.4, 0.5) is 5.69 Å². The summed E-state index contributed by atoms with van der Waals surface area (Å²) in [5.74, 6) is 0.924. The van der Waals surface area contributed by atoms with E-state index in [-0.39, 0.29) is 5.91 Å². The summed E-state index contributed by atoms with van der Waals surface area (Å²) < 4.78 is 5.38. The number of benzene rings is 1. The fourth-order valence-corrected chi connectivity index (χ4v) is 2.80. The molecular formula is C16H24N2O2. The Morgan fingerprint density at radius 2 is 2.25 bits per heavy atom. The highest BCUT2D eigenvalue weighted by molar-refractivity contribution is 5.92. The number of carbonyl (C=O) groups is 1. The minimum absolute atomic E-state index is 0.0766. The first kappa shape index (κ1) is 14.9. The first-order chi connectivity index (χ1) is 9.61. The van der Waals surface area contributed by atoms with E-state index in [0.717, 1.165) is 35.5 Å². The predicted octanol–water partition coefficient (Wildman–Crippen LogP) is 2.78. The minimum Gasteiger partial charge on any atom is -0.496 e. The van der Waals surface area contributed by atoms with Gasteiger partial charge in [0, 0.05) is 23.7 Å². The second-order valence-electron chi connectivity index (χ2n) is 5.47. The van der Waals surface area contributed by atoms with E-state index in [1.54, 1.807) is 7.11 Å². The lowest BCUT2D eigenvalue weighted by molar-refractivity contribution is -0.116. The van der Waals surface area contributed by atoms with Crippen molar-refractivity contribution >= 4 is 11.6 Å². The van der Waals surface area contributed by atoms with Crippen molar-refractivity contribution in [3.63, 3.8) is 0 Å². The quantitative estimate of drug-likeness (QED) is 0.869. The molecule has 1 aromatic rings. The average Bonchev–Trinajstić information content (AvgIpc) is 2.94. The van der Waals surface area contributed by atoms with Crippen LogP contribution in [0.3, 0.4) is 0 Å². The molecule has 0 saturated carbocycles. The molecule has 1 aromatic carbocycles. The molecule has 4 heteroatoms. The first-order valence-electron chi connectivity index (χ1n) is 7.29. The van der Waals surface area contributed by atoms with Crippen molar-refractivity contribution in [3.05, 3.63) is 23.3 Å². The largest absolute Gasteiger partial charge is 0.496 e. The van der Waals surface area contributed by atoms with Gasteiger partial charge in [-0.1, -0.05) is 6.07 Å². The van der Waals surface area contributed by atoms with Crippen LogP contribution >= 0.6 is 0 Å². The number of rotatable bonds is 5. The number of methoxy groups -OCH3 is 1. The van der Waals surface area contributed by atoms with E-state index >= 15 is 0 Å². The fraction of sp³-hybridized carbons (Fsp3) is 0.562. The van der Waals surface area contributed by atoms with Crippen LogP contribution in [-0.4, -0.2) is 25.6 Å². The molecule has 1 amide bonds. The van der Waals surface area contributed by atoms with Crippen LogP contribution in [0, 0.1) is 13.8 Å². The Morgan fingerprint density at radius 1 is 1.45 bits per heavy atom. The zero-order valence-corrected chi connectivity index (χ0v) is 12.6. The van der Waals surface area contributed by atoms with Crippen LogP contribution in [0.1, 0.15) is 36.8 Å². The van der Waals surface area contributed by atoms with Gasteiger partial charge in [-0.05, 0) is 51.3 Å². The minimum atomic E-state index is 0.0766. The molecule has 1 aliphatic heterocycles. The zero-order chi connectivity index (χ0) is 14.5. The van der Waals surface area contributed by atoms with Crippen LogP contribution in [0.25, 0.3) is 0 Å². The van der Waals surface area contributed by atoms with Crippen molar-refractivity contribution in [2.75, 3.05) is 19.0 Å². The highest BCUT2D eigenvalue weighted by Crippen LogP contribution is 2.29. The summed E-state index contributed by atoms with van der Waals surface area (Å²) in [6.07, 6.45) is 3.88. The maximum atomic E-state index is 12.0. The van der Waals surface area contributed by atoms with Gasteiger partial charge < -0.3 is 15.4 Å². The molecule has 0 bridgehead atoms. The van der Waals surface area contributed by atoms with Crippen LogP contribution in [0.2, 0.25) is 0 Å². The Labute approximate surface area is 120 Å². The SMILES string of the molecule is COc1c(C)ccc(NC(=O)CCC2CCCN2)c1C. The highest BCUT2D eigenvalue weighted by Gasteiger charge is 2.16. The van der Waals surface area contributed by atoms with Crippen molar-refractivity contribution in [2.45, 2.75) is 45.6 Å². The number of amides is 1. The number of aryl methyl sites for hydroxylation is 1. The average molecular weight is 276 g/mol. The third-order valence-corrected chi connectivity index (χ3v) is 3.96. The smallest absolute Gasteiger partial charge is 0.224 e. The lowest BCUT2D eigenvalue weighted by atomic mass is 10.1. The van der Waals surface area contributed by atoms with E-state index < -0.39 is 0 Å². The van der Waals surface area contributed by atoms with Gasteiger partial charge in [0.2, 0.25) is 5.91 Å². The van der Waals surface area contributed by atoms with Gasteiger partial charge in [-0.3, -0.25) is 4.79 Å². The van der Waals surface area contributed by atoms with E-state index in [1.165, 1.54) is 12.8 Å². The molecule has 0 aliphatic carbocycles. The van der Waals surface area contributed by atoms with Crippen LogP contribution in [-0.2, 0) is 4.79 Å². The summed E-state index contributed by atoms with van der Waals surface area (Å²) >= 11 is 0. The van der Waals surface area contributed by atoms with Crippen molar-refractivity contribution in [1.82, 2.24) is 5.32 Å². The van der Waals surface area contributed by atoms with Gasteiger partial charge in [-0.15, -0.1) is 0 Å². The lowest BCUT2D eigenvalue weighted by Gasteiger charge is -2.15. The molecule has 2 rings (SSSR count). The number of hydrogen-bond donors (Lipinski definition) is 2. The van der Waals surface area contributed by atoms with Crippen molar-refractivity contribution in [1.29, 1.82) is 0 Å². The van der Waals surface area contributed by atoms with Crippen LogP contribution in [0.15, 0.2) is 12.1 Å². The molecule has 20 heavy (non-hydrogen) atoms. The third-order valence-electron chi connectivity index (χ3n) is 3.96. The molecule has 1 unspecified atom stereocenters. The summed E-state index contributed by atoms with van der Waals surface area (Å²) in [7, 11) is 1.66. The van der Waals surface area contributed by atoms with E-state index in [9.17, 15) is 4.79 Å². The van der Waals surface area contributed by atoms with Gasteiger partial charge in [0.25, 0.3) is 0 Å². The maximum absolute atomic E-state index is 12.0. The normalized spacial score (nSPS) is 18.1. The summed E-state index contributed by atoms with van der Waals surface area (Å²) in [5, 5.41) is 6.40. The van der Waals surface area contributed by atoms with Crippen molar-refractivity contribution in [2.24, 2.45) is 0 Å². The van der Waals surface area contributed by atoms with Crippen molar-refractivity contribution < 1.29 is 9.53 Å². The van der Waals surface area contributed by atoms with Gasteiger partial charge in [0.05, 0.1) is 7.11 Å². The number of hydrogen-bond acceptors (Lipinski definition) is 3.